The summed E-state index contributed by atoms with van der Waals surface area (Å²) in [7, 11) is -3.40. The maximum Gasteiger partial charge on any atom is 0.240 e. The number of halogens is 1. The minimum absolute atomic E-state index is 0.0621. The summed E-state index contributed by atoms with van der Waals surface area (Å²) in [6.07, 6.45) is 3.12. The van der Waals surface area contributed by atoms with E-state index in [0.717, 1.165) is 30.2 Å². The van der Waals surface area contributed by atoms with Crippen LogP contribution in [0.5, 0.6) is 0 Å². The van der Waals surface area contributed by atoms with Gasteiger partial charge in [0.05, 0.1) is 4.90 Å². The lowest BCUT2D eigenvalue weighted by atomic mass is 9.80. The lowest BCUT2D eigenvalue weighted by Gasteiger charge is -2.32. The normalized spacial score (nSPS) is 27.4. The van der Waals surface area contributed by atoms with E-state index in [1.165, 1.54) is 0 Å². The van der Waals surface area contributed by atoms with Crippen molar-refractivity contribution in [3.05, 3.63) is 29.8 Å². The summed E-state index contributed by atoms with van der Waals surface area (Å²) in [5, 5.41) is 0.734. The highest BCUT2D eigenvalue weighted by Crippen LogP contribution is 2.29. The van der Waals surface area contributed by atoms with Gasteiger partial charge in [0, 0.05) is 11.4 Å². The van der Waals surface area contributed by atoms with Crippen molar-refractivity contribution in [2.75, 3.05) is 0 Å². The van der Waals surface area contributed by atoms with Crippen molar-refractivity contribution in [2.45, 2.75) is 49.4 Å². The Morgan fingerprint density at radius 1 is 1.20 bits per heavy atom. The van der Waals surface area contributed by atoms with Crippen molar-refractivity contribution < 1.29 is 8.42 Å². The molecule has 0 spiro atoms. The summed E-state index contributed by atoms with van der Waals surface area (Å²) < 4.78 is 27.7. The molecule has 0 aromatic heterocycles. The van der Waals surface area contributed by atoms with E-state index in [1.807, 2.05) is 12.1 Å². The van der Waals surface area contributed by atoms with Gasteiger partial charge in [0.2, 0.25) is 10.0 Å². The third kappa shape index (κ3) is 3.83. The van der Waals surface area contributed by atoms with E-state index in [-0.39, 0.29) is 6.04 Å². The second-order valence-electron chi connectivity index (χ2n) is 5.90. The molecule has 1 N–H and O–H groups in total. The minimum atomic E-state index is -3.40. The van der Waals surface area contributed by atoms with Crippen LogP contribution in [-0.2, 0) is 15.4 Å². The Hall–Kier alpha value is -0.390. The number of hydrogen-bond donors (Lipinski definition) is 1. The zero-order chi connectivity index (χ0) is 14.8. The Morgan fingerprint density at radius 3 is 2.40 bits per heavy atom. The molecular weight excluding hydrogens is 338 g/mol. The van der Waals surface area contributed by atoms with Crippen molar-refractivity contribution in [1.29, 1.82) is 0 Å². The summed E-state index contributed by atoms with van der Waals surface area (Å²) in [6.45, 7) is 4.37. The Labute approximate surface area is 130 Å². The number of rotatable bonds is 4. The largest absolute Gasteiger partial charge is 0.240 e. The molecule has 1 saturated carbocycles. The molecule has 0 radical (unpaired) electrons. The molecule has 112 valence electrons. The fourth-order valence-corrected chi connectivity index (χ4v) is 4.62. The molecule has 0 amide bonds. The van der Waals surface area contributed by atoms with Crippen molar-refractivity contribution in [2.24, 2.45) is 11.8 Å². The van der Waals surface area contributed by atoms with Gasteiger partial charge >= 0.3 is 0 Å². The molecule has 1 aliphatic rings. The fourth-order valence-electron chi connectivity index (χ4n) is 2.87. The van der Waals surface area contributed by atoms with Crippen LogP contribution in [0, 0.1) is 11.8 Å². The van der Waals surface area contributed by atoms with Gasteiger partial charge in [-0.3, -0.25) is 0 Å². The molecule has 2 rings (SSSR count). The van der Waals surface area contributed by atoms with E-state index < -0.39 is 10.0 Å². The van der Waals surface area contributed by atoms with Gasteiger partial charge in [-0.05, 0) is 48.8 Å². The number of alkyl halides is 1. The molecule has 1 aromatic rings. The van der Waals surface area contributed by atoms with Crippen LogP contribution in [0.3, 0.4) is 0 Å². The van der Waals surface area contributed by atoms with E-state index in [0.29, 0.717) is 16.7 Å². The van der Waals surface area contributed by atoms with E-state index in [1.54, 1.807) is 12.1 Å². The van der Waals surface area contributed by atoms with Gasteiger partial charge in [0.15, 0.2) is 0 Å². The van der Waals surface area contributed by atoms with Gasteiger partial charge < -0.3 is 0 Å². The smallest absolute Gasteiger partial charge is 0.208 e. The van der Waals surface area contributed by atoms with E-state index in [2.05, 4.69) is 34.5 Å². The van der Waals surface area contributed by atoms with Gasteiger partial charge in [-0.25, -0.2) is 13.1 Å². The van der Waals surface area contributed by atoms with Crippen LogP contribution in [0.15, 0.2) is 29.2 Å². The van der Waals surface area contributed by atoms with Crippen LogP contribution >= 0.6 is 15.9 Å². The van der Waals surface area contributed by atoms with E-state index in [4.69, 9.17) is 0 Å². The molecule has 5 heteroatoms. The molecule has 1 fully saturated rings. The summed E-state index contributed by atoms with van der Waals surface area (Å²) in [4.78, 5) is 0.355. The first-order chi connectivity index (χ1) is 9.42. The highest BCUT2D eigenvalue weighted by Gasteiger charge is 2.29. The maximum atomic E-state index is 12.4. The first kappa shape index (κ1) is 16.0. The second kappa shape index (κ2) is 6.58. The summed E-state index contributed by atoms with van der Waals surface area (Å²) in [5.74, 6) is 1.10. The lowest BCUT2D eigenvalue weighted by molar-refractivity contribution is 0.249. The summed E-state index contributed by atoms with van der Waals surface area (Å²) in [5.41, 5.74) is 1.07. The van der Waals surface area contributed by atoms with Crippen LogP contribution < -0.4 is 4.72 Å². The maximum absolute atomic E-state index is 12.4. The van der Waals surface area contributed by atoms with Crippen LogP contribution in [0.1, 0.15) is 38.7 Å². The Balaban J connectivity index is 2.10. The molecule has 3 unspecified atom stereocenters. The third-order valence-corrected chi connectivity index (χ3v) is 6.28. The molecule has 0 bridgehead atoms. The monoisotopic (exact) mass is 359 g/mol. The first-order valence-electron chi connectivity index (χ1n) is 7.09. The van der Waals surface area contributed by atoms with Crippen LogP contribution in [0.25, 0.3) is 0 Å². The predicted molar refractivity (Wildman–Crippen MR) is 85.4 cm³/mol. The predicted octanol–water partition coefficient (Wildman–Crippen LogP) is 3.68. The second-order valence-corrected chi connectivity index (χ2v) is 8.18. The molecule has 1 aromatic carbocycles. The van der Waals surface area contributed by atoms with Gasteiger partial charge in [-0.15, -0.1) is 0 Å². The van der Waals surface area contributed by atoms with Gasteiger partial charge in [-0.2, -0.15) is 0 Å². The quantitative estimate of drug-likeness (QED) is 0.833. The molecule has 0 aliphatic heterocycles. The molecule has 0 heterocycles. The molecular formula is C15H22BrNO2S. The zero-order valence-electron chi connectivity index (χ0n) is 12.0. The van der Waals surface area contributed by atoms with Crippen molar-refractivity contribution >= 4 is 26.0 Å². The lowest BCUT2D eigenvalue weighted by Crippen LogP contribution is -2.42. The number of benzene rings is 1. The van der Waals surface area contributed by atoms with Gasteiger partial charge in [0.1, 0.15) is 0 Å². The Kier molecular flexibility index (Phi) is 5.26. The van der Waals surface area contributed by atoms with E-state index in [9.17, 15) is 8.42 Å². The zero-order valence-corrected chi connectivity index (χ0v) is 14.4. The topological polar surface area (TPSA) is 46.2 Å². The van der Waals surface area contributed by atoms with Crippen LogP contribution in [0.4, 0.5) is 0 Å². The highest BCUT2D eigenvalue weighted by atomic mass is 79.9. The average Bonchev–Trinajstić information content (AvgIpc) is 2.42. The molecule has 0 saturated heterocycles. The van der Waals surface area contributed by atoms with E-state index >= 15 is 0 Å². The average molecular weight is 360 g/mol. The summed E-state index contributed by atoms with van der Waals surface area (Å²) in [6, 6.07) is 7.10. The number of hydrogen-bond acceptors (Lipinski definition) is 2. The van der Waals surface area contributed by atoms with Crippen LogP contribution in [0.2, 0.25) is 0 Å². The van der Waals surface area contributed by atoms with Crippen LogP contribution in [-0.4, -0.2) is 14.5 Å². The number of nitrogens with one attached hydrogen (secondary N) is 1. The van der Waals surface area contributed by atoms with Gasteiger partial charge in [-0.1, -0.05) is 41.9 Å². The fraction of sp³-hybridized carbons (Fsp3) is 0.600. The third-order valence-electron chi connectivity index (χ3n) is 4.13. The molecule has 3 atom stereocenters. The Morgan fingerprint density at radius 2 is 1.85 bits per heavy atom. The molecule has 3 nitrogen and oxygen atoms in total. The van der Waals surface area contributed by atoms with Gasteiger partial charge in [0.25, 0.3) is 0 Å². The number of sulfonamides is 1. The molecule has 1 aliphatic carbocycles. The molecule has 20 heavy (non-hydrogen) atoms. The Bertz CT molecular complexity index is 541. The van der Waals surface area contributed by atoms with Crippen molar-refractivity contribution in [3.63, 3.8) is 0 Å². The van der Waals surface area contributed by atoms with Crippen molar-refractivity contribution in [3.8, 4) is 0 Å². The summed E-state index contributed by atoms with van der Waals surface area (Å²) >= 11 is 3.36. The first-order valence-corrected chi connectivity index (χ1v) is 9.70. The highest BCUT2D eigenvalue weighted by molar-refractivity contribution is 9.08. The SMILES string of the molecule is CC1CCC(NS(=O)(=O)c2ccc(CBr)cc2)C(C)C1. The van der Waals surface area contributed by atoms with Crippen molar-refractivity contribution in [1.82, 2.24) is 4.72 Å². The standard InChI is InChI=1S/C15H22BrNO2S/c1-11-3-8-15(12(2)9-11)17-20(18,19)14-6-4-13(10-16)5-7-14/h4-7,11-12,15,17H,3,8-10H2,1-2H3. The minimum Gasteiger partial charge on any atom is -0.208 e.